The second kappa shape index (κ2) is 7.57. The number of benzene rings is 1. The van der Waals surface area contributed by atoms with E-state index < -0.39 is 6.04 Å². The van der Waals surface area contributed by atoms with Gasteiger partial charge in [0.2, 0.25) is 11.8 Å². The van der Waals surface area contributed by atoms with Crippen LogP contribution in [0.3, 0.4) is 0 Å². The number of aliphatic hydroxyl groups excluding tert-OH is 1. The summed E-state index contributed by atoms with van der Waals surface area (Å²) in [5, 5.41) is 12.4. The van der Waals surface area contributed by atoms with Crippen LogP contribution in [0.2, 0.25) is 0 Å². The summed E-state index contributed by atoms with van der Waals surface area (Å²) in [5.41, 5.74) is 1.59. The molecular formula is C17H24N2O4. The smallest absolute Gasteiger partial charge is 0.248 e. The van der Waals surface area contributed by atoms with E-state index in [1.165, 1.54) is 4.90 Å². The van der Waals surface area contributed by atoms with Crippen molar-refractivity contribution in [1.82, 2.24) is 4.90 Å². The van der Waals surface area contributed by atoms with Crippen molar-refractivity contribution in [3.8, 4) is 0 Å². The molecular weight excluding hydrogens is 296 g/mol. The molecule has 0 aliphatic carbocycles. The van der Waals surface area contributed by atoms with Gasteiger partial charge in [-0.3, -0.25) is 9.59 Å². The fourth-order valence-corrected chi connectivity index (χ4v) is 2.64. The summed E-state index contributed by atoms with van der Waals surface area (Å²) < 4.78 is 5.59. The van der Waals surface area contributed by atoms with Crippen molar-refractivity contribution in [3.05, 3.63) is 29.8 Å². The van der Waals surface area contributed by atoms with Gasteiger partial charge < -0.3 is 20.1 Å². The van der Waals surface area contributed by atoms with Crippen LogP contribution in [0.15, 0.2) is 24.3 Å². The number of carbonyl (C=O) groups is 2. The molecule has 126 valence electrons. The van der Waals surface area contributed by atoms with Gasteiger partial charge in [0, 0.05) is 19.2 Å². The Labute approximate surface area is 136 Å². The van der Waals surface area contributed by atoms with E-state index in [0.29, 0.717) is 12.3 Å². The Morgan fingerprint density at radius 3 is 2.61 bits per heavy atom. The van der Waals surface area contributed by atoms with Crippen LogP contribution < -0.4 is 5.32 Å². The normalized spacial score (nSPS) is 21.6. The quantitative estimate of drug-likeness (QED) is 0.863. The number of carbonyl (C=O) groups excluding carboxylic acids is 2. The average molecular weight is 320 g/mol. The average Bonchev–Trinajstić information content (AvgIpc) is 2.50. The van der Waals surface area contributed by atoms with E-state index in [1.807, 2.05) is 38.1 Å². The molecule has 1 aromatic carbocycles. The summed E-state index contributed by atoms with van der Waals surface area (Å²) in [7, 11) is 1.67. The fraction of sp³-hybridized carbons (Fsp3) is 0.529. The lowest BCUT2D eigenvalue weighted by Gasteiger charge is -2.38. The number of amides is 2. The van der Waals surface area contributed by atoms with Crippen LogP contribution in [-0.4, -0.2) is 48.1 Å². The lowest BCUT2D eigenvalue weighted by atomic mass is 9.99. The molecule has 1 aromatic rings. The monoisotopic (exact) mass is 320 g/mol. The number of ether oxygens (including phenoxy) is 1. The molecule has 0 spiro atoms. The molecule has 6 heteroatoms. The van der Waals surface area contributed by atoms with E-state index in [9.17, 15) is 14.7 Å². The van der Waals surface area contributed by atoms with E-state index in [-0.39, 0.29) is 31.1 Å². The third-order valence-electron chi connectivity index (χ3n) is 3.93. The number of likely N-dealkylation sites (N-methyl/N-ethyl adjacent to an activating group) is 1. The maximum atomic E-state index is 11.8. The first-order chi connectivity index (χ1) is 10.9. The number of hydrogen-bond donors (Lipinski definition) is 2. The first-order valence-electron chi connectivity index (χ1n) is 7.80. The van der Waals surface area contributed by atoms with Crippen LogP contribution in [0.4, 0.5) is 5.69 Å². The second-order valence-electron chi connectivity index (χ2n) is 6.25. The summed E-state index contributed by atoms with van der Waals surface area (Å²) in [6, 6.07) is 6.91. The van der Waals surface area contributed by atoms with Gasteiger partial charge >= 0.3 is 0 Å². The lowest BCUT2D eigenvalue weighted by Crippen LogP contribution is -2.50. The van der Waals surface area contributed by atoms with Crippen molar-refractivity contribution in [3.63, 3.8) is 0 Å². The van der Waals surface area contributed by atoms with E-state index in [1.54, 1.807) is 7.05 Å². The fourth-order valence-electron chi connectivity index (χ4n) is 2.64. The van der Waals surface area contributed by atoms with Crippen molar-refractivity contribution in [2.45, 2.75) is 32.4 Å². The Bertz CT molecular complexity index is 556. The molecule has 23 heavy (non-hydrogen) atoms. The molecule has 2 unspecified atom stereocenters. The van der Waals surface area contributed by atoms with E-state index in [4.69, 9.17) is 4.74 Å². The molecule has 1 fully saturated rings. The van der Waals surface area contributed by atoms with Crippen LogP contribution >= 0.6 is 0 Å². The number of anilines is 1. The van der Waals surface area contributed by atoms with Crippen molar-refractivity contribution in [1.29, 1.82) is 0 Å². The van der Waals surface area contributed by atoms with Crippen LogP contribution in [-0.2, 0) is 14.3 Å². The van der Waals surface area contributed by atoms with Gasteiger partial charge in [0.25, 0.3) is 0 Å². The molecule has 1 saturated heterocycles. The molecule has 0 radical (unpaired) electrons. The molecule has 1 aliphatic heterocycles. The Balaban J connectivity index is 2.06. The van der Waals surface area contributed by atoms with Crippen LogP contribution in [0, 0.1) is 5.92 Å². The van der Waals surface area contributed by atoms with Crippen molar-refractivity contribution < 1.29 is 19.4 Å². The molecule has 0 bridgehead atoms. The molecule has 2 amide bonds. The summed E-state index contributed by atoms with van der Waals surface area (Å²) >= 11 is 0. The highest BCUT2D eigenvalue weighted by molar-refractivity contribution is 5.90. The molecule has 2 atom stereocenters. The van der Waals surface area contributed by atoms with Gasteiger partial charge in [0.15, 0.2) is 0 Å². The predicted octanol–water partition coefficient (Wildman–Crippen LogP) is 1.56. The van der Waals surface area contributed by atoms with Gasteiger partial charge in [0.05, 0.1) is 12.6 Å². The Kier molecular flexibility index (Phi) is 5.74. The Morgan fingerprint density at radius 1 is 1.39 bits per heavy atom. The number of nitrogens with one attached hydrogen (secondary N) is 1. The summed E-state index contributed by atoms with van der Waals surface area (Å²) in [4.78, 5) is 24.9. The van der Waals surface area contributed by atoms with Gasteiger partial charge in [-0.2, -0.15) is 0 Å². The number of rotatable bonds is 5. The maximum absolute atomic E-state index is 11.8. The zero-order valence-corrected chi connectivity index (χ0v) is 13.8. The highest BCUT2D eigenvalue weighted by atomic mass is 16.5. The largest absolute Gasteiger partial charge is 0.394 e. The highest BCUT2D eigenvalue weighted by Gasteiger charge is 2.34. The van der Waals surface area contributed by atoms with Gasteiger partial charge in [0.1, 0.15) is 12.7 Å². The molecule has 0 aromatic heterocycles. The van der Waals surface area contributed by atoms with E-state index in [2.05, 4.69) is 5.32 Å². The number of nitrogens with zero attached hydrogens (tertiary/aromatic N) is 1. The van der Waals surface area contributed by atoms with Crippen LogP contribution in [0.5, 0.6) is 0 Å². The minimum absolute atomic E-state index is 0.00451. The highest BCUT2D eigenvalue weighted by Crippen LogP contribution is 2.29. The van der Waals surface area contributed by atoms with Crippen molar-refractivity contribution >= 4 is 17.5 Å². The zero-order chi connectivity index (χ0) is 17.0. The van der Waals surface area contributed by atoms with Gasteiger partial charge in [-0.25, -0.2) is 0 Å². The number of morpholine rings is 1. The minimum Gasteiger partial charge on any atom is -0.394 e. The molecule has 1 heterocycles. The Hall–Kier alpha value is -1.92. The molecule has 0 saturated carbocycles. The summed E-state index contributed by atoms with van der Waals surface area (Å²) in [6.07, 6.45) is 0.107. The number of aliphatic hydroxyl groups is 1. The van der Waals surface area contributed by atoms with Gasteiger partial charge in [-0.05, 0) is 23.6 Å². The van der Waals surface area contributed by atoms with E-state index in [0.717, 1.165) is 11.3 Å². The molecule has 6 nitrogen and oxygen atoms in total. The van der Waals surface area contributed by atoms with Gasteiger partial charge in [-0.1, -0.05) is 26.0 Å². The Morgan fingerprint density at radius 2 is 2.04 bits per heavy atom. The maximum Gasteiger partial charge on any atom is 0.248 e. The standard InChI is InChI=1S/C17H24N2O4/c1-11(2)8-15(21)18-13-6-4-12(5-7-13)17-14(9-20)19(3)16(22)10-23-17/h4-7,11,14,17,20H,8-10H2,1-3H3,(H,18,21). The third-order valence-corrected chi connectivity index (χ3v) is 3.93. The lowest BCUT2D eigenvalue weighted by molar-refractivity contribution is -0.157. The first-order valence-corrected chi connectivity index (χ1v) is 7.80. The second-order valence-corrected chi connectivity index (χ2v) is 6.25. The minimum atomic E-state index is -0.405. The van der Waals surface area contributed by atoms with Gasteiger partial charge in [-0.15, -0.1) is 0 Å². The topological polar surface area (TPSA) is 78.9 Å². The van der Waals surface area contributed by atoms with Crippen LogP contribution in [0.25, 0.3) is 0 Å². The van der Waals surface area contributed by atoms with Crippen molar-refractivity contribution in [2.24, 2.45) is 5.92 Å². The molecule has 2 rings (SSSR count). The molecule has 1 aliphatic rings. The predicted molar refractivity (Wildman–Crippen MR) is 86.9 cm³/mol. The zero-order valence-electron chi connectivity index (χ0n) is 13.8. The SMILES string of the molecule is CC(C)CC(=O)Nc1ccc(C2OCC(=O)N(C)C2CO)cc1. The van der Waals surface area contributed by atoms with Crippen LogP contribution in [0.1, 0.15) is 31.9 Å². The third kappa shape index (κ3) is 4.30. The van der Waals surface area contributed by atoms with E-state index >= 15 is 0 Å². The first kappa shape index (κ1) is 17.4. The number of hydrogen-bond acceptors (Lipinski definition) is 4. The summed E-state index contributed by atoms with van der Waals surface area (Å²) in [6.45, 7) is 3.83. The molecule has 2 N–H and O–H groups in total. The summed E-state index contributed by atoms with van der Waals surface area (Å²) in [5.74, 6) is 0.154. The van der Waals surface area contributed by atoms with Crippen molar-refractivity contribution in [2.75, 3.05) is 25.6 Å².